The van der Waals surface area contributed by atoms with Gasteiger partial charge in [-0.3, -0.25) is 9.69 Å². The standard InChI is InChI=1S/C21H24N4O3/c1-14-15(2)25(21(26)16-6-4-8-18(12-16)27-3)11-10-24(14)13-17-7-5-9-19-20(17)23-28-22-19/h4-9,12,14-15H,10-11,13H2,1-3H3/t14-,15+/m0/s1. The van der Waals surface area contributed by atoms with Crippen LogP contribution in [0.4, 0.5) is 0 Å². The van der Waals surface area contributed by atoms with E-state index < -0.39 is 0 Å². The Labute approximate surface area is 163 Å². The smallest absolute Gasteiger partial charge is 0.254 e. The molecule has 0 saturated carbocycles. The van der Waals surface area contributed by atoms with Crippen molar-refractivity contribution in [1.29, 1.82) is 0 Å². The van der Waals surface area contributed by atoms with E-state index in [-0.39, 0.29) is 18.0 Å². The summed E-state index contributed by atoms with van der Waals surface area (Å²) in [4.78, 5) is 17.4. The van der Waals surface area contributed by atoms with Gasteiger partial charge in [0, 0.05) is 37.3 Å². The van der Waals surface area contributed by atoms with Crippen LogP contribution in [0.15, 0.2) is 47.1 Å². The van der Waals surface area contributed by atoms with Crippen LogP contribution in [0.25, 0.3) is 11.0 Å². The minimum Gasteiger partial charge on any atom is -0.497 e. The van der Waals surface area contributed by atoms with Crippen molar-refractivity contribution in [2.45, 2.75) is 32.5 Å². The highest BCUT2D eigenvalue weighted by Gasteiger charge is 2.34. The van der Waals surface area contributed by atoms with Crippen LogP contribution in [-0.4, -0.2) is 58.3 Å². The Hall–Kier alpha value is -2.93. The lowest BCUT2D eigenvalue weighted by atomic mass is 10.0. The average Bonchev–Trinajstić information content (AvgIpc) is 3.21. The quantitative estimate of drug-likeness (QED) is 0.693. The first kappa shape index (κ1) is 18.4. The number of methoxy groups -OCH3 is 1. The van der Waals surface area contributed by atoms with E-state index in [9.17, 15) is 4.79 Å². The zero-order valence-corrected chi connectivity index (χ0v) is 16.3. The lowest BCUT2D eigenvalue weighted by Crippen LogP contribution is -2.58. The van der Waals surface area contributed by atoms with Crippen LogP contribution in [0, 0.1) is 0 Å². The normalized spacial score (nSPS) is 20.5. The maximum absolute atomic E-state index is 13.1. The molecule has 1 saturated heterocycles. The number of amides is 1. The van der Waals surface area contributed by atoms with E-state index in [0.717, 1.165) is 29.7 Å². The molecule has 0 N–H and O–H groups in total. The molecule has 0 unspecified atom stereocenters. The molecule has 0 bridgehead atoms. The van der Waals surface area contributed by atoms with Crippen molar-refractivity contribution >= 4 is 16.9 Å². The van der Waals surface area contributed by atoms with Crippen molar-refractivity contribution in [3.8, 4) is 5.75 Å². The number of rotatable bonds is 4. The highest BCUT2D eigenvalue weighted by Crippen LogP contribution is 2.24. The van der Waals surface area contributed by atoms with Crippen molar-refractivity contribution in [3.63, 3.8) is 0 Å². The summed E-state index contributed by atoms with van der Waals surface area (Å²) in [5.74, 6) is 0.736. The van der Waals surface area contributed by atoms with Gasteiger partial charge < -0.3 is 9.64 Å². The van der Waals surface area contributed by atoms with Crippen LogP contribution in [-0.2, 0) is 6.54 Å². The number of piperazine rings is 1. The van der Waals surface area contributed by atoms with E-state index in [2.05, 4.69) is 35.1 Å². The first-order valence-electron chi connectivity index (χ1n) is 9.47. The lowest BCUT2D eigenvalue weighted by molar-refractivity contribution is 0.0251. The summed E-state index contributed by atoms with van der Waals surface area (Å²) in [6.07, 6.45) is 0. The predicted molar refractivity (Wildman–Crippen MR) is 105 cm³/mol. The Bertz CT molecular complexity index is 986. The largest absolute Gasteiger partial charge is 0.497 e. The number of hydrogen-bond donors (Lipinski definition) is 0. The molecular weight excluding hydrogens is 356 g/mol. The second-order valence-corrected chi connectivity index (χ2v) is 7.23. The van der Waals surface area contributed by atoms with Gasteiger partial charge in [0.2, 0.25) is 0 Å². The monoisotopic (exact) mass is 380 g/mol. The zero-order chi connectivity index (χ0) is 19.7. The number of ether oxygens (including phenoxy) is 1. The number of aromatic nitrogens is 2. The third kappa shape index (κ3) is 3.33. The van der Waals surface area contributed by atoms with Gasteiger partial charge >= 0.3 is 0 Å². The molecular formula is C21H24N4O3. The summed E-state index contributed by atoms with van der Waals surface area (Å²) in [6.45, 7) is 6.49. The Kier molecular flexibility index (Phi) is 5.00. The molecule has 1 fully saturated rings. The van der Waals surface area contributed by atoms with Crippen molar-refractivity contribution in [1.82, 2.24) is 20.1 Å². The van der Waals surface area contributed by atoms with Crippen LogP contribution in [0.5, 0.6) is 5.75 Å². The maximum atomic E-state index is 13.1. The maximum Gasteiger partial charge on any atom is 0.254 e. The third-order valence-corrected chi connectivity index (χ3v) is 5.71. The molecule has 2 aromatic carbocycles. The summed E-state index contributed by atoms with van der Waals surface area (Å²) in [7, 11) is 1.61. The van der Waals surface area contributed by atoms with E-state index in [0.29, 0.717) is 17.9 Å². The lowest BCUT2D eigenvalue weighted by Gasteiger charge is -2.45. The molecule has 0 spiro atoms. The van der Waals surface area contributed by atoms with Crippen molar-refractivity contribution < 1.29 is 14.2 Å². The van der Waals surface area contributed by atoms with Gasteiger partial charge in [-0.1, -0.05) is 18.2 Å². The third-order valence-electron chi connectivity index (χ3n) is 5.71. The fourth-order valence-corrected chi connectivity index (χ4v) is 3.85. The molecule has 2 heterocycles. The summed E-state index contributed by atoms with van der Waals surface area (Å²) in [5.41, 5.74) is 3.32. The zero-order valence-electron chi connectivity index (χ0n) is 16.3. The predicted octanol–water partition coefficient (Wildman–Crippen LogP) is 2.97. The fourth-order valence-electron chi connectivity index (χ4n) is 3.85. The van der Waals surface area contributed by atoms with Crippen LogP contribution < -0.4 is 4.74 Å². The van der Waals surface area contributed by atoms with E-state index in [1.807, 2.05) is 35.2 Å². The van der Waals surface area contributed by atoms with Crippen molar-refractivity contribution in [2.24, 2.45) is 0 Å². The second kappa shape index (κ2) is 7.59. The minimum atomic E-state index is 0.0423. The molecule has 2 atom stereocenters. The molecule has 1 amide bonds. The Balaban J connectivity index is 1.50. The minimum absolute atomic E-state index is 0.0423. The first-order valence-corrected chi connectivity index (χ1v) is 9.47. The topological polar surface area (TPSA) is 71.7 Å². The van der Waals surface area contributed by atoms with Gasteiger partial charge in [-0.2, -0.15) is 0 Å². The Morgan fingerprint density at radius 3 is 2.79 bits per heavy atom. The Morgan fingerprint density at radius 2 is 1.96 bits per heavy atom. The molecule has 1 aliphatic rings. The SMILES string of the molecule is COc1cccc(C(=O)N2CCN(Cc3cccc4nonc34)[C@@H](C)[C@H]2C)c1. The first-order chi connectivity index (χ1) is 13.6. The van der Waals surface area contributed by atoms with Crippen molar-refractivity contribution in [2.75, 3.05) is 20.2 Å². The molecule has 4 rings (SSSR count). The fraction of sp³-hybridized carbons (Fsp3) is 0.381. The van der Waals surface area contributed by atoms with Gasteiger partial charge in [0.1, 0.15) is 16.8 Å². The average molecular weight is 380 g/mol. The highest BCUT2D eigenvalue weighted by molar-refractivity contribution is 5.95. The summed E-state index contributed by atoms with van der Waals surface area (Å²) in [5, 5.41) is 7.96. The molecule has 0 aliphatic carbocycles. The van der Waals surface area contributed by atoms with E-state index >= 15 is 0 Å². The Morgan fingerprint density at radius 1 is 1.14 bits per heavy atom. The molecule has 7 heteroatoms. The van der Waals surface area contributed by atoms with Crippen molar-refractivity contribution in [3.05, 3.63) is 53.6 Å². The molecule has 1 aliphatic heterocycles. The van der Waals surface area contributed by atoms with Gasteiger partial charge in [0.05, 0.1) is 7.11 Å². The summed E-state index contributed by atoms with van der Waals surface area (Å²) in [6, 6.07) is 13.5. The molecule has 3 aromatic rings. The molecule has 146 valence electrons. The van der Waals surface area contributed by atoms with Gasteiger partial charge in [-0.25, -0.2) is 4.63 Å². The van der Waals surface area contributed by atoms with Gasteiger partial charge in [0.25, 0.3) is 5.91 Å². The second-order valence-electron chi connectivity index (χ2n) is 7.23. The molecule has 7 nitrogen and oxygen atoms in total. The number of carbonyl (C=O) groups is 1. The van der Waals surface area contributed by atoms with E-state index in [1.165, 1.54) is 0 Å². The van der Waals surface area contributed by atoms with Gasteiger partial charge in [-0.05, 0) is 54.0 Å². The number of carbonyl (C=O) groups excluding carboxylic acids is 1. The summed E-state index contributed by atoms with van der Waals surface area (Å²) >= 11 is 0. The molecule has 1 aromatic heterocycles. The molecule has 28 heavy (non-hydrogen) atoms. The number of benzene rings is 2. The number of hydrogen-bond acceptors (Lipinski definition) is 6. The molecule has 0 radical (unpaired) electrons. The van der Waals surface area contributed by atoms with Crippen LogP contribution in [0.1, 0.15) is 29.8 Å². The van der Waals surface area contributed by atoms with Crippen LogP contribution >= 0.6 is 0 Å². The van der Waals surface area contributed by atoms with Crippen LogP contribution in [0.3, 0.4) is 0 Å². The highest BCUT2D eigenvalue weighted by atomic mass is 16.6. The van der Waals surface area contributed by atoms with Gasteiger partial charge in [0.15, 0.2) is 0 Å². The summed E-state index contributed by atoms with van der Waals surface area (Å²) < 4.78 is 10.1. The van der Waals surface area contributed by atoms with E-state index in [1.54, 1.807) is 13.2 Å². The number of fused-ring (bicyclic) bond motifs is 1. The van der Waals surface area contributed by atoms with E-state index in [4.69, 9.17) is 9.37 Å². The number of nitrogens with zero attached hydrogens (tertiary/aromatic N) is 4. The van der Waals surface area contributed by atoms with Crippen LogP contribution in [0.2, 0.25) is 0 Å². The van der Waals surface area contributed by atoms with Gasteiger partial charge in [-0.15, -0.1) is 0 Å².